The van der Waals surface area contributed by atoms with E-state index in [9.17, 15) is 23.3 Å². The fraction of sp³-hybridized carbons (Fsp3) is 0.278. The Morgan fingerprint density at radius 3 is 2.39 bits per heavy atom. The Bertz CT molecular complexity index is 958. The molecule has 0 saturated heterocycles. The molecule has 0 fully saturated rings. The van der Waals surface area contributed by atoms with E-state index < -0.39 is 20.7 Å². The fourth-order valence-electron chi connectivity index (χ4n) is 2.35. The van der Waals surface area contributed by atoms with Crippen LogP contribution in [0.3, 0.4) is 0 Å². The Labute approximate surface area is 162 Å². The molecule has 0 aliphatic heterocycles. The molecule has 10 heteroatoms. The first-order valence-electron chi connectivity index (χ1n) is 8.54. The Balaban J connectivity index is 2.02. The van der Waals surface area contributed by atoms with E-state index in [0.29, 0.717) is 18.0 Å². The average molecular weight is 407 g/mol. The van der Waals surface area contributed by atoms with Crippen LogP contribution in [0.2, 0.25) is 0 Å². The molecule has 2 N–H and O–H groups in total. The molecule has 2 rings (SSSR count). The number of nitro groups is 1. The van der Waals surface area contributed by atoms with Crippen molar-refractivity contribution in [1.82, 2.24) is 0 Å². The van der Waals surface area contributed by atoms with Gasteiger partial charge in [0, 0.05) is 5.69 Å². The number of hydrogen-bond acceptors (Lipinski definition) is 7. The highest BCUT2D eigenvalue weighted by molar-refractivity contribution is 7.91. The van der Waals surface area contributed by atoms with Crippen LogP contribution in [0.4, 0.5) is 17.1 Å². The normalized spacial score (nSPS) is 10.9. The minimum absolute atomic E-state index is 0.00302. The summed E-state index contributed by atoms with van der Waals surface area (Å²) in [6, 6.07) is 10.2. The van der Waals surface area contributed by atoms with Crippen molar-refractivity contribution in [3.05, 3.63) is 52.6 Å². The van der Waals surface area contributed by atoms with Crippen LogP contribution in [0.1, 0.15) is 13.8 Å². The van der Waals surface area contributed by atoms with E-state index in [-0.39, 0.29) is 28.6 Å². The topological polar surface area (TPSA) is 128 Å². The third-order valence-corrected chi connectivity index (χ3v) is 5.55. The van der Waals surface area contributed by atoms with Gasteiger partial charge in [0.25, 0.3) is 5.69 Å². The molecule has 1 amide bonds. The number of sulfone groups is 1. The van der Waals surface area contributed by atoms with E-state index in [2.05, 4.69) is 10.6 Å². The van der Waals surface area contributed by atoms with E-state index in [1.165, 1.54) is 30.3 Å². The van der Waals surface area contributed by atoms with Crippen LogP contribution < -0.4 is 15.4 Å². The number of nitrogens with one attached hydrogen (secondary N) is 2. The maximum absolute atomic E-state index is 12.1. The summed E-state index contributed by atoms with van der Waals surface area (Å²) >= 11 is 0. The minimum atomic E-state index is -3.29. The molecule has 9 nitrogen and oxygen atoms in total. The first kappa shape index (κ1) is 21.2. The fourth-order valence-corrected chi connectivity index (χ4v) is 3.23. The van der Waals surface area contributed by atoms with Crippen molar-refractivity contribution in [2.45, 2.75) is 18.7 Å². The second-order valence-corrected chi connectivity index (χ2v) is 7.98. The molecule has 0 bridgehead atoms. The number of benzene rings is 2. The molecule has 150 valence electrons. The number of amides is 1. The highest BCUT2D eigenvalue weighted by Gasteiger charge is 2.17. The zero-order valence-corrected chi connectivity index (χ0v) is 16.3. The third-order valence-electron chi connectivity index (χ3n) is 3.80. The number of rotatable bonds is 9. The van der Waals surface area contributed by atoms with Crippen molar-refractivity contribution in [2.75, 3.05) is 29.5 Å². The second-order valence-electron chi connectivity index (χ2n) is 5.70. The SMILES string of the molecule is CCOc1ccc(NC(=O)CNc2ccc(S(=O)(=O)CC)cc2)c([N+](=O)[O-])c1. The molecule has 2 aromatic rings. The molecule has 0 aliphatic carbocycles. The van der Waals surface area contributed by atoms with Crippen LogP contribution in [0.5, 0.6) is 5.75 Å². The summed E-state index contributed by atoms with van der Waals surface area (Å²) < 4.78 is 28.8. The smallest absolute Gasteiger partial charge is 0.296 e. The molecule has 2 aromatic carbocycles. The van der Waals surface area contributed by atoms with E-state index in [1.807, 2.05) is 0 Å². The standard InChI is InChI=1S/C18H21N3O6S/c1-3-27-14-7-10-16(17(11-14)21(23)24)20-18(22)12-19-13-5-8-15(9-6-13)28(25,26)4-2/h5-11,19H,3-4,12H2,1-2H3,(H,20,22). The van der Waals surface area contributed by atoms with Gasteiger partial charge in [-0.2, -0.15) is 0 Å². The molecule has 28 heavy (non-hydrogen) atoms. The number of hydrogen-bond donors (Lipinski definition) is 2. The lowest BCUT2D eigenvalue weighted by Crippen LogP contribution is -2.22. The molecule has 0 atom stereocenters. The summed E-state index contributed by atoms with van der Waals surface area (Å²) in [6.07, 6.45) is 0. The van der Waals surface area contributed by atoms with Crippen molar-refractivity contribution in [3.63, 3.8) is 0 Å². The predicted octanol–water partition coefficient (Wildman–Crippen LogP) is 2.84. The van der Waals surface area contributed by atoms with Crippen molar-refractivity contribution in [1.29, 1.82) is 0 Å². The van der Waals surface area contributed by atoms with E-state index in [1.54, 1.807) is 26.0 Å². The number of nitro benzene ring substituents is 1. The van der Waals surface area contributed by atoms with Crippen LogP contribution in [-0.2, 0) is 14.6 Å². The minimum Gasteiger partial charge on any atom is -0.494 e. The van der Waals surface area contributed by atoms with Crippen LogP contribution in [0.25, 0.3) is 0 Å². The Morgan fingerprint density at radius 1 is 1.14 bits per heavy atom. The number of anilines is 2. The summed E-state index contributed by atoms with van der Waals surface area (Å²) in [4.78, 5) is 22.9. The lowest BCUT2D eigenvalue weighted by Gasteiger charge is -2.10. The quantitative estimate of drug-likeness (QED) is 0.483. The number of carbonyl (C=O) groups excluding carboxylic acids is 1. The second kappa shape index (κ2) is 9.18. The number of ether oxygens (including phenoxy) is 1. The van der Waals surface area contributed by atoms with Gasteiger partial charge in [-0.25, -0.2) is 8.42 Å². The van der Waals surface area contributed by atoms with Crippen LogP contribution in [-0.4, -0.2) is 38.2 Å². The maximum Gasteiger partial charge on any atom is 0.296 e. The van der Waals surface area contributed by atoms with E-state index in [4.69, 9.17) is 4.74 Å². The molecule has 0 saturated carbocycles. The summed E-state index contributed by atoms with van der Waals surface area (Å²) in [5, 5.41) is 16.5. The van der Waals surface area contributed by atoms with Gasteiger partial charge in [0.15, 0.2) is 9.84 Å². The van der Waals surface area contributed by atoms with Gasteiger partial charge in [-0.05, 0) is 43.3 Å². The summed E-state index contributed by atoms with van der Waals surface area (Å²) in [5.74, 6) is -0.145. The van der Waals surface area contributed by atoms with Gasteiger partial charge in [-0.15, -0.1) is 0 Å². The van der Waals surface area contributed by atoms with Crippen molar-refractivity contribution in [2.24, 2.45) is 0 Å². The number of nitrogens with zero attached hydrogens (tertiary/aromatic N) is 1. The molecule has 0 aliphatic rings. The molecular formula is C18H21N3O6S. The van der Waals surface area contributed by atoms with Crippen molar-refractivity contribution >= 4 is 32.8 Å². The highest BCUT2D eigenvalue weighted by Crippen LogP contribution is 2.29. The molecule has 0 spiro atoms. The zero-order valence-electron chi connectivity index (χ0n) is 15.5. The largest absolute Gasteiger partial charge is 0.494 e. The first-order valence-corrected chi connectivity index (χ1v) is 10.2. The van der Waals surface area contributed by atoms with Gasteiger partial charge in [0.05, 0.1) is 34.8 Å². The Morgan fingerprint density at radius 2 is 1.82 bits per heavy atom. The lowest BCUT2D eigenvalue weighted by molar-refractivity contribution is -0.384. The van der Waals surface area contributed by atoms with E-state index in [0.717, 1.165) is 0 Å². The number of carbonyl (C=O) groups is 1. The maximum atomic E-state index is 12.1. The van der Waals surface area contributed by atoms with Gasteiger partial charge in [-0.3, -0.25) is 14.9 Å². The van der Waals surface area contributed by atoms with Crippen LogP contribution in [0, 0.1) is 10.1 Å². The van der Waals surface area contributed by atoms with Crippen molar-refractivity contribution < 1.29 is 22.9 Å². The van der Waals surface area contributed by atoms with Gasteiger partial charge in [-0.1, -0.05) is 6.92 Å². The third kappa shape index (κ3) is 5.43. The molecule has 0 heterocycles. The molecule has 0 radical (unpaired) electrons. The molecule has 0 aromatic heterocycles. The zero-order chi connectivity index (χ0) is 20.7. The Hall–Kier alpha value is -3.14. The average Bonchev–Trinajstić information content (AvgIpc) is 2.68. The highest BCUT2D eigenvalue weighted by atomic mass is 32.2. The van der Waals surface area contributed by atoms with Gasteiger partial charge in [0.2, 0.25) is 5.91 Å². The Kier molecular flexibility index (Phi) is 6.94. The van der Waals surface area contributed by atoms with Gasteiger partial charge in [0.1, 0.15) is 11.4 Å². The predicted molar refractivity (Wildman–Crippen MR) is 106 cm³/mol. The molecular weight excluding hydrogens is 386 g/mol. The summed E-state index contributed by atoms with van der Waals surface area (Å²) in [7, 11) is -3.29. The van der Waals surface area contributed by atoms with Gasteiger partial charge >= 0.3 is 0 Å². The lowest BCUT2D eigenvalue weighted by atomic mass is 10.2. The van der Waals surface area contributed by atoms with Crippen LogP contribution >= 0.6 is 0 Å². The van der Waals surface area contributed by atoms with Crippen molar-refractivity contribution in [3.8, 4) is 5.75 Å². The summed E-state index contributed by atoms with van der Waals surface area (Å²) in [5.41, 5.74) is 0.337. The molecule has 0 unspecified atom stereocenters. The van der Waals surface area contributed by atoms with E-state index >= 15 is 0 Å². The first-order chi connectivity index (χ1) is 13.3. The van der Waals surface area contributed by atoms with Gasteiger partial charge < -0.3 is 15.4 Å². The monoisotopic (exact) mass is 407 g/mol. The van der Waals surface area contributed by atoms with Crippen LogP contribution in [0.15, 0.2) is 47.4 Å². The summed E-state index contributed by atoms with van der Waals surface area (Å²) in [6.45, 7) is 3.54.